The Balaban J connectivity index is 1.60. The normalized spacial score (nSPS) is 16.2. The Kier molecular flexibility index (Phi) is 14.3. The number of hydrogen-bond acceptors (Lipinski definition) is 10. The number of hydrogen-bond donors (Lipinski definition) is 4. The van der Waals surface area contributed by atoms with Crippen molar-refractivity contribution in [3.8, 4) is 0 Å². The van der Waals surface area contributed by atoms with Crippen LogP contribution < -0.4 is 10.6 Å². The first-order valence-corrected chi connectivity index (χ1v) is 19.8. The Morgan fingerprint density at radius 1 is 1.12 bits per heavy atom. The molecule has 0 spiro atoms. The maximum atomic E-state index is 14.2. The van der Waals surface area contributed by atoms with Crippen molar-refractivity contribution in [1.29, 1.82) is 0 Å². The summed E-state index contributed by atoms with van der Waals surface area (Å²) in [5, 5.41) is 32.3. The number of aryl methyl sites for hydroxylation is 1. The highest BCUT2D eigenvalue weighted by Gasteiger charge is 2.37. The number of sulfonamides is 1. The first-order valence-electron chi connectivity index (χ1n) is 17.5. The molecule has 1 aliphatic rings. The van der Waals surface area contributed by atoms with E-state index in [1.165, 1.54) is 51.0 Å². The molecule has 13 nitrogen and oxygen atoms in total. The number of carbonyl (C=O) groups is 2. The van der Waals surface area contributed by atoms with Gasteiger partial charge in [0, 0.05) is 25.5 Å². The second kappa shape index (κ2) is 18.2. The Morgan fingerprint density at radius 3 is 2.35 bits per heavy atom. The molecule has 15 heteroatoms. The number of nitrogens with one attached hydrogen (secondary N) is 2. The van der Waals surface area contributed by atoms with Gasteiger partial charge in [-0.05, 0) is 83.1 Å². The summed E-state index contributed by atoms with van der Waals surface area (Å²) in [6.07, 6.45) is 2.05. The van der Waals surface area contributed by atoms with Gasteiger partial charge in [-0.1, -0.05) is 54.0 Å². The van der Waals surface area contributed by atoms with Crippen molar-refractivity contribution >= 4 is 39.5 Å². The van der Waals surface area contributed by atoms with Crippen molar-refractivity contribution in [3.05, 3.63) is 81.8 Å². The number of thiazole rings is 1. The Bertz CT molecular complexity index is 1740. The number of aliphatic hydroxyl groups excluding tert-OH is 1. The van der Waals surface area contributed by atoms with E-state index in [4.69, 9.17) is 9.94 Å². The topological polar surface area (TPSA) is 174 Å². The van der Waals surface area contributed by atoms with E-state index in [9.17, 15) is 23.1 Å². The summed E-state index contributed by atoms with van der Waals surface area (Å²) in [4.78, 5) is 33.6. The van der Waals surface area contributed by atoms with Crippen molar-refractivity contribution < 1.29 is 33.1 Å². The van der Waals surface area contributed by atoms with Crippen LogP contribution in [0.25, 0.3) is 0 Å². The molecule has 2 aromatic carbocycles. The zero-order valence-electron chi connectivity index (χ0n) is 30.7. The number of aromatic nitrogens is 1. The van der Waals surface area contributed by atoms with Crippen LogP contribution in [0.3, 0.4) is 0 Å². The molecular formula is C37H52N6O7S2. The van der Waals surface area contributed by atoms with Gasteiger partial charge in [-0.25, -0.2) is 18.2 Å². The number of nitrogens with zero attached hydrogens (tertiary/aromatic N) is 4. The van der Waals surface area contributed by atoms with Crippen LogP contribution in [0.5, 0.6) is 0 Å². The molecule has 3 aromatic rings. The second-order valence-corrected chi connectivity index (χ2v) is 17.4. The molecule has 52 heavy (non-hydrogen) atoms. The lowest BCUT2D eigenvalue weighted by molar-refractivity contribution is -0.132. The molecule has 4 atom stereocenters. The molecule has 284 valence electrons. The van der Waals surface area contributed by atoms with Crippen molar-refractivity contribution in [2.45, 2.75) is 102 Å². The van der Waals surface area contributed by atoms with Crippen molar-refractivity contribution in [1.82, 2.24) is 24.8 Å². The number of aliphatic hydroxyl groups is 1. The molecule has 1 saturated carbocycles. The lowest BCUT2D eigenvalue weighted by atomic mass is 9.85. The molecule has 4 rings (SSSR count). The Hall–Kier alpha value is -3.89. The standard InChI is InChI=1S/C37H52N6O7S2/c1-25(50-37(3,4)5)34(41-36(46)42(6)22-30-24-51-26(2)39-30)35(45)40-32(19-27-11-8-7-9-12-27)33(44)23-43(21-29-13-10-14-29)52(48,49)31-17-15-28(16-18-31)20-38-47/h7-9,11-12,15-18,20,24-25,29,32-34,44,47H,10,13-14,19,21-23H2,1-6H3,(H,40,45)(H,41,46)/b38-20+/t25-,32-,33?,34+/m0/s1. The van der Waals surface area contributed by atoms with Gasteiger partial charge < -0.3 is 30.6 Å². The highest BCUT2D eigenvalue weighted by Crippen LogP contribution is 2.30. The van der Waals surface area contributed by atoms with E-state index in [2.05, 4.69) is 20.8 Å². The fraction of sp³-hybridized carbons (Fsp3) is 0.514. The first-order chi connectivity index (χ1) is 24.5. The van der Waals surface area contributed by atoms with Gasteiger partial charge in [-0.15, -0.1) is 11.3 Å². The number of ether oxygens (including phenoxy) is 1. The smallest absolute Gasteiger partial charge is 0.318 e. The summed E-state index contributed by atoms with van der Waals surface area (Å²) in [6.45, 7) is 9.31. The average Bonchev–Trinajstić information content (AvgIpc) is 3.47. The van der Waals surface area contributed by atoms with E-state index in [0.717, 1.165) is 35.5 Å². The van der Waals surface area contributed by atoms with Gasteiger partial charge in [0.1, 0.15) is 6.04 Å². The molecular weight excluding hydrogens is 705 g/mol. The van der Waals surface area contributed by atoms with Crippen molar-refractivity contribution in [2.24, 2.45) is 11.1 Å². The Labute approximate surface area is 311 Å². The van der Waals surface area contributed by atoms with Crippen LogP contribution in [-0.4, -0.2) is 101 Å². The predicted molar refractivity (Wildman–Crippen MR) is 201 cm³/mol. The quantitative estimate of drug-likeness (QED) is 0.0882. The number of benzene rings is 2. The predicted octanol–water partition coefficient (Wildman–Crippen LogP) is 4.55. The molecule has 1 aliphatic carbocycles. The number of urea groups is 1. The molecule has 4 N–H and O–H groups in total. The number of rotatable bonds is 17. The van der Waals surface area contributed by atoms with E-state index in [1.807, 2.05) is 63.4 Å². The summed E-state index contributed by atoms with van der Waals surface area (Å²) >= 11 is 1.48. The maximum Gasteiger partial charge on any atom is 0.318 e. The second-order valence-electron chi connectivity index (χ2n) is 14.4. The van der Waals surface area contributed by atoms with Gasteiger partial charge in [-0.2, -0.15) is 4.31 Å². The van der Waals surface area contributed by atoms with E-state index >= 15 is 0 Å². The minimum absolute atomic E-state index is 0.0330. The summed E-state index contributed by atoms with van der Waals surface area (Å²) in [6, 6.07) is 12.6. The van der Waals surface area contributed by atoms with Gasteiger partial charge >= 0.3 is 6.03 Å². The maximum absolute atomic E-state index is 14.2. The summed E-state index contributed by atoms with van der Waals surface area (Å²) < 4.78 is 35.5. The molecule has 0 aliphatic heterocycles. The van der Waals surface area contributed by atoms with Gasteiger partial charge in [0.2, 0.25) is 15.9 Å². The average molecular weight is 757 g/mol. The first kappa shape index (κ1) is 40.9. The van der Waals surface area contributed by atoms with Gasteiger partial charge in [0.25, 0.3) is 0 Å². The molecule has 0 saturated heterocycles. The molecule has 1 heterocycles. The molecule has 1 aromatic heterocycles. The molecule has 0 bridgehead atoms. The van der Waals surface area contributed by atoms with Gasteiger partial charge in [-0.3, -0.25) is 4.79 Å². The Morgan fingerprint density at radius 2 is 1.79 bits per heavy atom. The van der Waals surface area contributed by atoms with Gasteiger partial charge in [0.15, 0.2) is 0 Å². The van der Waals surface area contributed by atoms with Crippen LogP contribution in [0.2, 0.25) is 0 Å². The van der Waals surface area contributed by atoms with Crippen LogP contribution >= 0.6 is 11.3 Å². The van der Waals surface area contributed by atoms with Crippen LogP contribution in [-0.2, 0) is 32.5 Å². The number of amides is 3. The lowest BCUT2D eigenvalue weighted by Crippen LogP contribution is -2.60. The van der Waals surface area contributed by atoms with Crippen LogP contribution in [0.15, 0.2) is 70.0 Å². The minimum atomic E-state index is -4.07. The number of carbonyl (C=O) groups excluding carboxylic acids is 2. The van der Waals surface area contributed by atoms with Crippen LogP contribution in [0, 0.1) is 12.8 Å². The van der Waals surface area contributed by atoms with E-state index < -0.39 is 51.9 Å². The number of oxime groups is 1. The summed E-state index contributed by atoms with van der Waals surface area (Å²) in [5.74, 6) is -0.442. The third-order valence-electron chi connectivity index (χ3n) is 8.88. The zero-order chi connectivity index (χ0) is 38.1. The molecule has 0 radical (unpaired) electrons. The fourth-order valence-electron chi connectivity index (χ4n) is 6.00. The minimum Gasteiger partial charge on any atom is -0.411 e. The largest absolute Gasteiger partial charge is 0.411 e. The van der Waals surface area contributed by atoms with Crippen LogP contribution in [0.4, 0.5) is 4.79 Å². The van der Waals surface area contributed by atoms with E-state index in [1.54, 1.807) is 14.0 Å². The van der Waals surface area contributed by atoms with Gasteiger partial charge in [0.05, 0.1) is 52.2 Å². The van der Waals surface area contributed by atoms with Crippen molar-refractivity contribution in [2.75, 3.05) is 20.1 Å². The fourth-order valence-corrected chi connectivity index (χ4v) is 8.13. The van der Waals surface area contributed by atoms with E-state index in [0.29, 0.717) is 5.56 Å². The highest BCUT2D eigenvalue weighted by molar-refractivity contribution is 7.89. The highest BCUT2D eigenvalue weighted by atomic mass is 32.2. The van der Waals surface area contributed by atoms with Crippen molar-refractivity contribution in [3.63, 3.8) is 0 Å². The summed E-state index contributed by atoms with van der Waals surface area (Å²) in [5.41, 5.74) is 1.42. The van der Waals surface area contributed by atoms with Crippen LogP contribution in [0.1, 0.15) is 68.8 Å². The van der Waals surface area contributed by atoms with E-state index in [-0.39, 0.29) is 36.9 Å². The molecule has 3 amide bonds. The molecule has 1 fully saturated rings. The molecule has 1 unspecified atom stereocenters. The summed E-state index contributed by atoms with van der Waals surface area (Å²) in [7, 11) is -2.45. The third kappa shape index (κ3) is 11.8. The third-order valence-corrected chi connectivity index (χ3v) is 11.5. The lowest BCUT2D eigenvalue weighted by Gasteiger charge is -2.36. The monoisotopic (exact) mass is 756 g/mol. The SMILES string of the molecule is Cc1nc(CN(C)C(=O)N[C@@H](C(=O)N[C@@H](Cc2ccccc2)C(O)CN(CC2CCC2)S(=O)(=O)c2ccc(/C=N/O)cc2)[C@H](C)OC(C)(C)C)cs1. The zero-order valence-corrected chi connectivity index (χ0v) is 32.4.